The van der Waals surface area contributed by atoms with Crippen molar-refractivity contribution in [1.29, 1.82) is 0 Å². The molecule has 1 aliphatic carbocycles. The topological polar surface area (TPSA) is 9.23 Å². The maximum absolute atomic E-state index is 13.7. The van der Waals surface area contributed by atoms with Crippen molar-refractivity contribution in [2.45, 2.75) is 25.9 Å². The Labute approximate surface area is 112 Å². The first-order valence-corrected chi connectivity index (χ1v) is 6.45. The summed E-state index contributed by atoms with van der Waals surface area (Å²) in [6.45, 7) is 1.56. The van der Waals surface area contributed by atoms with Gasteiger partial charge in [0.25, 0.3) is 0 Å². The number of aryl methyl sites for hydroxylation is 1. The summed E-state index contributed by atoms with van der Waals surface area (Å²) in [7, 11) is 1.69. The van der Waals surface area contributed by atoms with E-state index in [2.05, 4.69) is 6.08 Å². The summed E-state index contributed by atoms with van der Waals surface area (Å²) < 4.78 is 32.3. The Balaban J connectivity index is 2.10. The first kappa shape index (κ1) is 13.9. The Bertz CT molecular complexity index is 506. The Morgan fingerprint density at radius 3 is 2.58 bits per heavy atom. The zero-order chi connectivity index (χ0) is 13.8. The van der Waals surface area contributed by atoms with Crippen molar-refractivity contribution in [1.82, 2.24) is 0 Å². The number of methoxy groups -OCH3 is 1. The molecule has 0 saturated heterocycles. The summed E-state index contributed by atoms with van der Waals surface area (Å²) in [6.07, 6.45) is 9.73. The SMILES string of the molecule is COC1C=CC(/C=C/c2ccc(C)c(F)c2F)CC1. The summed E-state index contributed by atoms with van der Waals surface area (Å²) in [4.78, 5) is 0. The van der Waals surface area contributed by atoms with Crippen LogP contribution in [0.15, 0.2) is 30.4 Å². The number of rotatable bonds is 3. The van der Waals surface area contributed by atoms with E-state index < -0.39 is 11.6 Å². The van der Waals surface area contributed by atoms with Crippen molar-refractivity contribution in [3.63, 3.8) is 0 Å². The van der Waals surface area contributed by atoms with Gasteiger partial charge in [-0.3, -0.25) is 0 Å². The maximum atomic E-state index is 13.7. The molecule has 0 bridgehead atoms. The summed E-state index contributed by atoms with van der Waals surface area (Å²) in [5.41, 5.74) is 0.625. The molecule has 0 saturated carbocycles. The average Bonchev–Trinajstić information content (AvgIpc) is 2.45. The van der Waals surface area contributed by atoms with Gasteiger partial charge in [0, 0.05) is 12.7 Å². The van der Waals surface area contributed by atoms with Gasteiger partial charge < -0.3 is 4.74 Å². The van der Waals surface area contributed by atoms with Gasteiger partial charge in [0.2, 0.25) is 0 Å². The highest BCUT2D eigenvalue weighted by Gasteiger charge is 2.13. The lowest BCUT2D eigenvalue weighted by Gasteiger charge is -2.19. The van der Waals surface area contributed by atoms with Crippen molar-refractivity contribution in [2.75, 3.05) is 7.11 Å². The zero-order valence-electron chi connectivity index (χ0n) is 11.2. The van der Waals surface area contributed by atoms with E-state index in [1.165, 1.54) is 0 Å². The van der Waals surface area contributed by atoms with Crippen LogP contribution in [0.1, 0.15) is 24.0 Å². The van der Waals surface area contributed by atoms with Crippen LogP contribution in [0.2, 0.25) is 0 Å². The summed E-state index contributed by atoms with van der Waals surface area (Å²) in [5.74, 6) is -1.28. The molecule has 1 aromatic carbocycles. The molecule has 3 heteroatoms. The van der Waals surface area contributed by atoms with Gasteiger partial charge >= 0.3 is 0 Å². The number of allylic oxidation sites excluding steroid dienone is 2. The zero-order valence-corrected chi connectivity index (χ0v) is 11.2. The molecule has 0 spiro atoms. The lowest BCUT2D eigenvalue weighted by Crippen LogP contribution is -2.13. The van der Waals surface area contributed by atoms with Crippen LogP contribution >= 0.6 is 0 Å². The van der Waals surface area contributed by atoms with Crippen LogP contribution in [-0.2, 0) is 4.74 Å². The van der Waals surface area contributed by atoms with Crippen molar-refractivity contribution >= 4 is 6.08 Å². The van der Waals surface area contributed by atoms with Gasteiger partial charge in [0.05, 0.1) is 6.10 Å². The van der Waals surface area contributed by atoms with Gasteiger partial charge in [-0.2, -0.15) is 0 Å². The van der Waals surface area contributed by atoms with E-state index in [-0.39, 0.29) is 12.0 Å². The molecule has 0 heterocycles. The molecule has 2 atom stereocenters. The molecule has 102 valence electrons. The van der Waals surface area contributed by atoms with E-state index in [9.17, 15) is 8.78 Å². The standard InChI is InChI=1S/C16H18F2O/c1-11-3-7-13(16(18)15(11)17)8-4-12-5-9-14(19-2)10-6-12/h3-5,7-9,12,14H,6,10H2,1-2H3/b8-4+. The monoisotopic (exact) mass is 264 g/mol. The first-order valence-electron chi connectivity index (χ1n) is 6.45. The average molecular weight is 264 g/mol. The van der Waals surface area contributed by atoms with Crippen molar-refractivity contribution in [3.05, 3.63) is 53.1 Å². The van der Waals surface area contributed by atoms with Crippen LogP contribution in [0.25, 0.3) is 6.08 Å². The number of hydrogen-bond acceptors (Lipinski definition) is 1. The van der Waals surface area contributed by atoms with Gasteiger partial charge in [0.15, 0.2) is 11.6 Å². The highest BCUT2D eigenvalue weighted by Crippen LogP contribution is 2.23. The fourth-order valence-electron chi connectivity index (χ4n) is 2.19. The van der Waals surface area contributed by atoms with Gasteiger partial charge in [-0.25, -0.2) is 8.78 Å². The van der Waals surface area contributed by atoms with Crippen LogP contribution in [0, 0.1) is 24.5 Å². The lowest BCUT2D eigenvalue weighted by molar-refractivity contribution is 0.125. The Morgan fingerprint density at radius 2 is 1.95 bits per heavy atom. The Morgan fingerprint density at radius 1 is 1.16 bits per heavy atom. The third-order valence-electron chi connectivity index (χ3n) is 3.49. The molecule has 0 aromatic heterocycles. The fraction of sp³-hybridized carbons (Fsp3) is 0.375. The number of halogens is 2. The van der Waals surface area contributed by atoms with Crippen molar-refractivity contribution in [2.24, 2.45) is 5.92 Å². The van der Waals surface area contributed by atoms with Crippen LogP contribution in [-0.4, -0.2) is 13.2 Å². The summed E-state index contributed by atoms with van der Waals surface area (Å²) in [6, 6.07) is 3.20. The Hall–Kier alpha value is -1.48. The number of hydrogen-bond donors (Lipinski definition) is 0. The van der Waals surface area contributed by atoms with Gasteiger partial charge in [0.1, 0.15) is 0 Å². The molecule has 0 N–H and O–H groups in total. The highest BCUT2D eigenvalue weighted by molar-refractivity contribution is 5.51. The largest absolute Gasteiger partial charge is 0.377 e. The van der Waals surface area contributed by atoms with Crippen LogP contribution in [0.5, 0.6) is 0 Å². The van der Waals surface area contributed by atoms with Crippen LogP contribution in [0.4, 0.5) is 8.78 Å². The van der Waals surface area contributed by atoms with E-state index in [1.807, 2.05) is 12.2 Å². The molecule has 0 aliphatic heterocycles. The van der Waals surface area contributed by atoms with Crippen molar-refractivity contribution < 1.29 is 13.5 Å². The predicted octanol–water partition coefficient (Wildman–Crippen LogP) is 4.27. The van der Waals surface area contributed by atoms with Gasteiger partial charge in [-0.1, -0.05) is 36.4 Å². The summed E-state index contributed by atoms with van der Waals surface area (Å²) >= 11 is 0. The molecule has 2 unspecified atom stereocenters. The predicted molar refractivity (Wildman–Crippen MR) is 72.8 cm³/mol. The molecular formula is C16H18F2O. The summed E-state index contributed by atoms with van der Waals surface area (Å²) in [5, 5.41) is 0. The van der Waals surface area contributed by atoms with Crippen LogP contribution in [0.3, 0.4) is 0 Å². The second-order valence-electron chi connectivity index (χ2n) is 4.86. The maximum Gasteiger partial charge on any atom is 0.166 e. The normalized spacial score (nSPS) is 23.2. The second-order valence-corrected chi connectivity index (χ2v) is 4.86. The molecule has 0 radical (unpaired) electrons. The molecule has 1 aromatic rings. The fourth-order valence-corrected chi connectivity index (χ4v) is 2.19. The molecule has 19 heavy (non-hydrogen) atoms. The lowest BCUT2D eigenvalue weighted by atomic mass is 9.93. The highest BCUT2D eigenvalue weighted by atomic mass is 19.2. The smallest absolute Gasteiger partial charge is 0.166 e. The first-order chi connectivity index (χ1) is 9.11. The van der Waals surface area contributed by atoms with E-state index in [0.717, 1.165) is 12.8 Å². The molecular weight excluding hydrogens is 246 g/mol. The van der Waals surface area contributed by atoms with E-state index in [1.54, 1.807) is 32.2 Å². The minimum absolute atomic E-state index is 0.179. The third kappa shape index (κ3) is 3.29. The van der Waals surface area contributed by atoms with Crippen molar-refractivity contribution in [3.8, 4) is 0 Å². The minimum atomic E-state index is -0.772. The van der Waals surface area contributed by atoms with Gasteiger partial charge in [-0.15, -0.1) is 0 Å². The van der Waals surface area contributed by atoms with Gasteiger partial charge in [-0.05, 0) is 31.2 Å². The molecule has 1 nitrogen and oxygen atoms in total. The van der Waals surface area contributed by atoms with E-state index in [0.29, 0.717) is 11.1 Å². The molecule has 1 aliphatic rings. The van der Waals surface area contributed by atoms with E-state index in [4.69, 9.17) is 4.74 Å². The van der Waals surface area contributed by atoms with E-state index >= 15 is 0 Å². The minimum Gasteiger partial charge on any atom is -0.377 e. The van der Waals surface area contributed by atoms with Crippen LogP contribution < -0.4 is 0 Å². The number of benzene rings is 1. The second kappa shape index (κ2) is 6.11. The third-order valence-corrected chi connectivity index (χ3v) is 3.49. The Kier molecular flexibility index (Phi) is 4.48. The number of ether oxygens (including phenoxy) is 1. The molecule has 2 rings (SSSR count). The molecule has 0 fully saturated rings. The quantitative estimate of drug-likeness (QED) is 0.741. The molecule has 0 amide bonds.